The van der Waals surface area contributed by atoms with Crippen molar-refractivity contribution in [3.63, 3.8) is 0 Å². The Morgan fingerprint density at radius 2 is 1.94 bits per heavy atom. The largest absolute Gasteiger partial charge is 0.465 e. The molecule has 0 heterocycles. The number of carbonyl (C=O) groups is 2. The van der Waals surface area contributed by atoms with Gasteiger partial charge in [-0.05, 0) is 44.0 Å². The third-order valence-corrected chi connectivity index (χ3v) is 2.66. The van der Waals surface area contributed by atoms with Crippen LogP contribution in [-0.4, -0.2) is 18.4 Å². The van der Waals surface area contributed by atoms with Crippen molar-refractivity contribution in [2.24, 2.45) is 0 Å². The predicted octanol–water partition coefficient (Wildman–Crippen LogP) is 1.40. The van der Waals surface area contributed by atoms with Gasteiger partial charge in [0, 0.05) is 11.4 Å². The molecule has 5 heteroatoms. The van der Waals surface area contributed by atoms with Gasteiger partial charge >= 0.3 is 5.97 Å². The summed E-state index contributed by atoms with van der Waals surface area (Å²) in [5.74, 6) is -1.86. The minimum Gasteiger partial charge on any atom is -0.465 e. The average molecular weight is 250 g/mol. The van der Waals surface area contributed by atoms with Gasteiger partial charge in [0.1, 0.15) is 11.7 Å². The van der Waals surface area contributed by atoms with E-state index in [0.717, 1.165) is 0 Å². The van der Waals surface area contributed by atoms with Crippen LogP contribution in [0.4, 0.5) is 11.4 Å². The van der Waals surface area contributed by atoms with Gasteiger partial charge in [-0.2, -0.15) is 0 Å². The second kappa shape index (κ2) is 5.53. The first-order valence-corrected chi connectivity index (χ1v) is 5.71. The van der Waals surface area contributed by atoms with Gasteiger partial charge in [0.05, 0.1) is 6.61 Å². The predicted molar refractivity (Wildman–Crippen MR) is 70.1 cm³/mol. The lowest BCUT2D eigenvalue weighted by Crippen LogP contribution is -2.24. The molecule has 1 rings (SSSR count). The molecule has 0 spiro atoms. The van der Waals surface area contributed by atoms with Crippen molar-refractivity contribution in [1.82, 2.24) is 0 Å². The van der Waals surface area contributed by atoms with Gasteiger partial charge in [-0.3, -0.25) is 9.59 Å². The second-order valence-corrected chi connectivity index (χ2v) is 4.14. The van der Waals surface area contributed by atoms with Gasteiger partial charge in [0.15, 0.2) is 0 Å². The molecular formula is C13H18N2O3. The van der Waals surface area contributed by atoms with Gasteiger partial charge in [-0.1, -0.05) is 0 Å². The highest BCUT2D eigenvalue weighted by Gasteiger charge is 2.30. The fourth-order valence-corrected chi connectivity index (χ4v) is 1.96. The monoisotopic (exact) mass is 250 g/mol. The molecule has 1 aromatic rings. The van der Waals surface area contributed by atoms with Crippen LogP contribution in [0.15, 0.2) is 12.1 Å². The summed E-state index contributed by atoms with van der Waals surface area (Å²) in [5, 5.41) is 0. The first kappa shape index (κ1) is 14.0. The van der Waals surface area contributed by atoms with E-state index >= 15 is 0 Å². The zero-order valence-electron chi connectivity index (χ0n) is 10.8. The van der Waals surface area contributed by atoms with Crippen LogP contribution in [0, 0.1) is 6.92 Å². The summed E-state index contributed by atoms with van der Waals surface area (Å²) in [6.07, 6.45) is 0. The highest BCUT2D eigenvalue weighted by molar-refractivity contribution is 6.05. The summed E-state index contributed by atoms with van der Waals surface area (Å²) < 4.78 is 4.91. The van der Waals surface area contributed by atoms with Crippen LogP contribution in [0.5, 0.6) is 0 Å². The first-order valence-electron chi connectivity index (χ1n) is 5.71. The standard InChI is InChI=1S/C13H18N2O3/c1-4-18-13(17)12(8(3)16)11-7(2)5-9(14)6-10(11)15/h5-6,12H,4,14-15H2,1-3H3. The summed E-state index contributed by atoms with van der Waals surface area (Å²) in [4.78, 5) is 23.5. The molecule has 0 aliphatic heterocycles. The van der Waals surface area contributed by atoms with Crippen molar-refractivity contribution < 1.29 is 14.3 Å². The van der Waals surface area contributed by atoms with E-state index in [1.54, 1.807) is 19.9 Å². The van der Waals surface area contributed by atoms with E-state index in [4.69, 9.17) is 16.2 Å². The van der Waals surface area contributed by atoms with Crippen LogP contribution < -0.4 is 11.5 Å². The van der Waals surface area contributed by atoms with Crippen LogP contribution in [0.2, 0.25) is 0 Å². The SMILES string of the molecule is CCOC(=O)C(C(C)=O)c1c(C)cc(N)cc1N. The molecule has 1 unspecified atom stereocenters. The number of Topliss-reactive ketones (excluding diaryl/α,β-unsaturated/α-hetero) is 1. The molecule has 0 radical (unpaired) electrons. The normalized spacial score (nSPS) is 11.9. The Bertz CT molecular complexity index is 460. The lowest BCUT2D eigenvalue weighted by Gasteiger charge is -2.18. The Kier molecular flexibility index (Phi) is 4.31. The third kappa shape index (κ3) is 2.80. The van der Waals surface area contributed by atoms with E-state index < -0.39 is 11.9 Å². The maximum atomic E-state index is 11.8. The van der Waals surface area contributed by atoms with Crippen LogP contribution >= 0.6 is 0 Å². The Balaban J connectivity index is 3.31. The number of aryl methyl sites for hydroxylation is 1. The summed E-state index contributed by atoms with van der Waals surface area (Å²) in [6.45, 7) is 5.01. The number of esters is 1. The number of nitrogen functional groups attached to an aromatic ring is 2. The molecule has 0 amide bonds. The molecule has 4 N–H and O–H groups in total. The lowest BCUT2D eigenvalue weighted by atomic mass is 9.90. The van der Waals surface area contributed by atoms with Gasteiger partial charge in [-0.25, -0.2) is 0 Å². The first-order chi connectivity index (χ1) is 8.38. The summed E-state index contributed by atoms with van der Waals surface area (Å²) in [6, 6.07) is 3.22. The van der Waals surface area contributed by atoms with Crippen molar-refractivity contribution in [3.8, 4) is 0 Å². The second-order valence-electron chi connectivity index (χ2n) is 4.14. The van der Waals surface area contributed by atoms with Gasteiger partial charge in [-0.15, -0.1) is 0 Å². The Labute approximate surface area is 106 Å². The van der Waals surface area contributed by atoms with E-state index in [2.05, 4.69) is 0 Å². The highest BCUT2D eigenvalue weighted by Crippen LogP contribution is 2.30. The summed E-state index contributed by atoms with van der Waals surface area (Å²) >= 11 is 0. The maximum absolute atomic E-state index is 11.8. The molecule has 98 valence electrons. The smallest absolute Gasteiger partial charge is 0.321 e. The molecule has 0 bridgehead atoms. The summed E-state index contributed by atoms with van der Waals surface area (Å²) in [5.41, 5.74) is 13.5. The molecule has 0 aromatic heterocycles. The van der Waals surface area contributed by atoms with Crippen LogP contribution in [-0.2, 0) is 14.3 Å². The van der Waals surface area contributed by atoms with Crippen molar-refractivity contribution in [3.05, 3.63) is 23.3 Å². The number of ketones is 1. The molecule has 1 aromatic carbocycles. The summed E-state index contributed by atoms with van der Waals surface area (Å²) in [7, 11) is 0. The zero-order chi connectivity index (χ0) is 13.9. The number of benzene rings is 1. The lowest BCUT2D eigenvalue weighted by molar-refractivity contribution is -0.147. The Morgan fingerprint density at radius 1 is 1.33 bits per heavy atom. The molecule has 18 heavy (non-hydrogen) atoms. The van der Waals surface area contributed by atoms with Crippen LogP contribution in [0.3, 0.4) is 0 Å². The molecule has 0 fully saturated rings. The van der Waals surface area contributed by atoms with E-state index in [1.165, 1.54) is 13.0 Å². The van der Waals surface area contributed by atoms with Crippen LogP contribution in [0.25, 0.3) is 0 Å². The molecule has 5 nitrogen and oxygen atoms in total. The fraction of sp³-hybridized carbons (Fsp3) is 0.385. The maximum Gasteiger partial charge on any atom is 0.321 e. The molecule has 0 saturated carbocycles. The number of rotatable bonds is 4. The van der Waals surface area contributed by atoms with Crippen molar-refractivity contribution in [1.29, 1.82) is 0 Å². The van der Waals surface area contributed by atoms with E-state index in [1.807, 2.05) is 0 Å². The van der Waals surface area contributed by atoms with Crippen LogP contribution in [0.1, 0.15) is 30.9 Å². The van der Waals surface area contributed by atoms with E-state index in [-0.39, 0.29) is 12.4 Å². The quantitative estimate of drug-likeness (QED) is 0.478. The number of ether oxygens (including phenoxy) is 1. The van der Waals surface area contributed by atoms with Gasteiger partial charge in [0.2, 0.25) is 0 Å². The number of hydrogen-bond donors (Lipinski definition) is 2. The number of carbonyl (C=O) groups excluding carboxylic acids is 2. The number of hydrogen-bond acceptors (Lipinski definition) is 5. The van der Waals surface area contributed by atoms with E-state index in [9.17, 15) is 9.59 Å². The minimum atomic E-state index is -0.981. The third-order valence-electron chi connectivity index (χ3n) is 2.66. The fourth-order valence-electron chi connectivity index (χ4n) is 1.96. The zero-order valence-corrected chi connectivity index (χ0v) is 10.8. The molecule has 1 atom stereocenters. The molecular weight excluding hydrogens is 232 g/mol. The van der Waals surface area contributed by atoms with Crippen molar-refractivity contribution in [2.45, 2.75) is 26.7 Å². The number of anilines is 2. The van der Waals surface area contributed by atoms with Gasteiger partial charge < -0.3 is 16.2 Å². The van der Waals surface area contributed by atoms with Crippen molar-refractivity contribution >= 4 is 23.1 Å². The molecule has 0 aliphatic carbocycles. The molecule has 0 aliphatic rings. The molecule has 0 saturated heterocycles. The number of nitrogens with two attached hydrogens (primary N) is 2. The van der Waals surface area contributed by atoms with Crippen molar-refractivity contribution in [2.75, 3.05) is 18.1 Å². The topological polar surface area (TPSA) is 95.4 Å². The van der Waals surface area contributed by atoms with Gasteiger partial charge in [0.25, 0.3) is 0 Å². The Hall–Kier alpha value is -2.04. The van der Waals surface area contributed by atoms with E-state index in [0.29, 0.717) is 22.5 Å². The Morgan fingerprint density at radius 3 is 2.39 bits per heavy atom. The minimum absolute atomic E-state index is 0.219. The highest BCUT2D eigenvalue weighted by atomic mass is 16.5. The average Bonchev–Trinajstić information content (AvgIpc) is 2.22.